The molecule has 0 amide bonds. The van der Waals surface area contributed by atoms with Crippen LogP contribution in [0.3, 0.4) is 0 Å². The molecule has 0 bridgehead atoms. The zero-order valence-electron chi connectivity index (χ0n) is 12.4. The molecule has 1 aliphatic heterocycles. The van der Waals surface area contributed by atoms with E-state index in [1.54, 1.807) is 29.2 Å². The average Bonchev–Trinajstić information content (AvgIpc) is 3.16. The topological polar surface area (TPSA) is 94.1 Å². The van der Waals surface area contributed by atoms with Crippen LogP contribution < -0.4 is 0 Å². The van der Waals surface area contributed by atoms with E-state index in [4.69, 9.17) is 0 Å². The first-order chi connectivity index (χ1) is 11.6. The average molecular weight is 340 g/mol. The van der Waals surface area contributed by atoms with Crippen molar-refractivity contribution in [2.45, 2.75) is 11.3 Å². The lowest BCUT2D eigenvalue weighted by Gasteiger charge is -2.05. The number of thioether (sulfide) groups is 1. The predicted octanol–water partition coefficient (Wildman–Crippen LogP) is 3.12. The van der Waals surface area contributed by atoms with Gasteiger partial charge in [0.05, 0.1) is 4.92 Å². The van der Waals surface area contributed by atoms with E-state index in [0.29, 0.717) is 17.0 Å². The largest absolute Gasteiger partial charge is 0.371 e. The van der Waals surface area contributed by atoms with Gasteiger partial charge in [0.15, 0.2) is 6.23 Å². The van der Waals surface area contributed by atoms with Crippen LogP contribution in [0.2, 0.25) is 0 Å². The lowest BCUT2D eigenvalue weighted by molar-refractivity contribution is -0.384. The summed E-state index contributed by atoms with van der Waals surface area (Å²) in [6.45, 7) is 0. The van der Waals surface area contributed by atoms with Gasteiger partial charge in [0.25, 0.3) is 5.69 Å². The highest BCUT2D eigenvalue weighted by Crippen LogP contribution is 2.44. The smallest absolute Gasteiger partial charge is 0.270 e. The Bertz CT molecular complexity index is 926. The van der Waals surface area contributed by atoms with Crippen LogP contribution in [0.25, 0.3) is 22.4 Å². The molecule has 1 atom stereocenters. The zero-order valence-corrected chi connectivity index (χ0v) is 13.2. The molecule has 1 aliphatic rings. The second kappa shape index (κ2) is 5.73. The van der Waals surface area contributed by atoms with E-state index in [2.05, 4.69) is 10.1 Å². The van der Waals surface area contributed by atoms with Gasteiger partial charge in [-0.05, 0) is 17.7 Å². The second-order valence-corrected chi connectivity index (χ2v) is 6.32. The van der Waals surface area contributed by atoms with Crippen molar-refractivity contribution >= 4 is 17.4 Å². The Balaban J connectivity index is 1.95. The number of aliphatic hydroxyl groups is 1. The Kier molecular flexibility index (Phi) is 3.55. The standard InChI is InChI=1S/C16H12N4O3S/c21-13-9-24-16-14(10-4-6-17-7-5-10)15(18-19(13)16)11-2-1-3-12(8-11)20(22)23/h1-8,13,21H,9H2. The van der Waals surface area contributed by atoms with E-state index in [1.165, 1.54) is 23.9 Å². The molecule has 120 valence electrons. The van der Waals surface area contributed by atoms with Crippen molar-refractivity contribution in [3.05, 3.63) is 58.9 Å². The van der Waals surface area contributed by atoms with Gasteiger partial charge >= 0.3 is 0 Å². The number of hydrogen-bond donors (Lipinski definition) is 1. The summed E-state index contributed by atoms with van der Waals surface area (Å²) in [7, 11) is 0. The van der Waals surface area contributed by atoms with Crippen LogP contribution in [0, 0.1) is 10.1 Å². The van der Waals surface area contributed by atoms with Gasteiger partial charge in [-0.15, -0.1) is 11.8 Å². The number of aromatic nitrogens is 3. The summed E-state index contributed by atoms with van der Waals surface area (Å²) in [5, 5.41) is 26.6. The van der Waals surface area contributed by atoms with Gasteiger partial charge in [-0.1, -0.05) is 12.1 Å². The third-order valence-corrected chi connectivity index (χ3v) is 4.95. The molecule has 7 nitrogen and oxygen atoms in total. The van der Waals surface area contributed by atoms with Gasteiger partial charge in [0.2, 0.25) is 0 Å². The van der Waals surface area contributed by atoms with E-state index in [1.807, 2.05) is 12.1 Å². The van der Waals surface area contributed by atoms with Crippen molar-refractivity contribution < 1.29 is 10.0 Å². The van der Waals surface area contributed by atoms with E-state index >= 15 is 0 Å². The van der Waals surface area contributed by atoms with E-state index < -0.39 is 11.2 Å². The molecular weight excluding hydrogens is 328 g/mol. The van der Waals surface area contributed by atoms with Crippen LogP contribution in [-0.2, 0) is 0 Å². The SMILES string of the molecule is O=[N+]([O-])c1cccc(-c2nn3c(c2-c2ccncc2)SCC3O)c1. The number of benzene rings is 1. The van der Waals surface area contributed by atoms with Crippen molar-refractivity contribution in [3.63, 3.8) is 0 Å². The summed E-state index contributed by atoms with van der Waals surface area (Å²) in [5.74, 6) is 0.537. The second-order valence-electron chi connectivity index (χ2n) is 5.31. The summed E-state index contributed by atoms with van der Waals surface area (Å²) in [6, 6.07) is 10.1. The van der Waals surface area contributed by atoms with Gasteiger partial charge < -0.3 is 5.11 Å². The Morgan fingerprint density at radius 2 is 2.04 bits per heavy atom. The first kappa shape index (κ1) is 14.9. The van der Waals surface area contributed by atoms with Crippen molar-refractivity contribution in [1.82, 2.24) is 14.8 Å². The third-order valence-electron chi connectivity index (χ3n) is 3.82. The molecule has 0 fully saturated rings. The lowest BCUT2D eigenvalue weighted by Crippen LogP contribution is -2.06. The quantitative estimate of drug-likeness (QED) is 0.581. The molecule has 0 saturated heterocycles. The van der Waals surface area contributed by atoms with Gasteiger partial charge in [-0.2, -0.15) is 5.10 Å². The number of nitro benzene ring substituents is 1. The Morgan fingerprint density at radius 1 is 1.25 bits per heavy atom. The Morgan fingerprint density at radius 3 is 2.79 bits per heavy atom. The van der Waals surface area contributed by atoms with Crippen LogP contribution in [0.5, 0.6) is 0 Å². The zero-order chi connectivity index (χ0) is 16.7. The molecule has 0 aliphatic carbocycles. The van der Waals surface area contributed by atoms with Crippen molar-refractivity contribution in [3.8, 4) is 22.4 Å². The van der Waals surface area contributed by atoms with Crippen molar-refractivity contribution in [1.29, 1.82) is 0 Å². The van der Waals surface area contributed by atoms with Crippen LogP contribution in [0.1, 0.15) is 6.23 Å². The Hall–Kier alpha value is -2.71. The molecule has 0 radical (unpaired) electrons. The molecule has 0 saturated carbocycles. The number of non-ortho nitro benzene ring substituents is 1. The molecule has 1 unspecified atom stereocenters. The number of nitrogens with zero attached hydrogens (tertiary/aromatic N) is 4. The van der Waals surface area contributed by atoms with Gasteiger partial charge in [-0.25, -0.2) is 4.68 Å². The highest BCUT2D eigenvalue weighted by atomic mass is 32.2. The minimum Gasteiger partial charge on any atom is -0.371 e. The fourth-order valence-corrected chi connectivity index (χ4v) is 3.83. The lowest BCUT2D eigenvalue weighted by atomic mass is 10.0. The summed E-state index contributed by atoms with van der Waals surface area (Å²) in [4.78, 5) is 14.7. The fraction of sp³-hybridized carbons (Fsp3) is 0.125. The van der Waals surface area contributed by atoms with Crippen LogP contribution >= 0.6 is 11.8 Å². The summed E-state index contributed by atoms with van der Waals surface area (Å²) < 4.78 is 1.58. The summed E-state index contributed by atoms with van der Waals surface area (Å²) in [5.41, 5.74) is 3.04. The first-order valence-corrected chi connectivity index (χ1v) is 8.22. The van der Waals surface area contributed by atoms with Gasteiger partial charge in [-0.3, -0.25) is 15.1 Å². The molecule has 2 aromatic heterocycles. The Labute approximate surface area is 141 Å². The van der Waals surface area contributed by atoms with Crippen molar-refractivity contribution in [2.24, 2.45) is 0 Å². The van der Waals surface area contributed by atoms with E-state index in [-0.39, 0.29) is 5.69 Å². The molecule has 3 aromatic rings. The van der Waals surface area contributed by atoms with Crippen LogP contribution in [0.4, 0.5) is 5.69 Å². The summed E-state index contributed by atoms with van der Waals surface area (Å²) >= 11 is 1.52. The predicted molar refractivity (Wildman–Crippen MR) is 89.5 cm³/mol. The molecule has 1 aromatic carbocycles. The number of hydrogen-bond acceptors (Lipinski definition) is 6. The molecule has 24 heavy (non-hydrogen) atoms. The normalized spacial score (nSPS) is 16.1. The molecule has 8 heteroatoms. The number of aliphatic hydroxyl groups excluding tert-OH is 1. The molecular formula is C16H12N4O3S. The van der Waals surface area contributed by atoms with Gasteiger partial charge in [0, 0.05) is 41.4 Å². The van der Waals surface area contributed by atoms with E-state index in [9.17, 15) is 15.2 Å². The number of nitro groups is 1. The summed E-state index contributed by atoms with van der Waals surface area (Å²) in [6.07, 6.45) is 2.68. The monoisotopic (exact) mass is 340 g/mol. The van der Waals surface area contributed by atoms with Crippen LogP contribution in [0.15, 0.2) is 53.8 Å². The van der Waals surface area contributed by atoms with Crippen LogP contribution in [-0.4, -0.2) is 30.5 Å². The highest BCUT2D eigenvalue weighted by Gasteiger charge is 2.29. The maximum Gasteiger partial charge on any atom is 0.270 e. The first-order valence-electron chi connectivity index (χ1n) is 7.24. The third kappa shape index (κ3) is 2.36. The molecule has 4 rings (SSSR count). The maximum absolute atomic E-state index is 11.1. The van der Waals surface area contributed by atoms with E-state index in [0.717, 1.165) is 16.2 Å². The maximum atomic E-state index is 11.1. The van der Waals surface area contributed by atoms with Gasteiger partial charge in [0.1, 0.15) is 10.7 Å². The molecule has 1 N–H and O–H groups in total. The number of pyridine rings is 1. The highest BCUT2D eigenvalue weighted by molar-refractivity contribution is 7.99. The number of rotatable bonds is 3. The number of fused-ring (bicyclic) bond motifs is 1. The molecule has 0 spiro atoms. The molecule has 3 heterocycles. The minimum atomic E-state index is -0.696. The minimum absolute atomic E-state index is 0.00883. The van der Waals surface area contributed by atoms with Crippen molar-refractivity contribution in [2.75, 3.05) is 5.75 Å². The fourth-order valence-electron chi connectivity index (χ4n) is 2.73.